The first-order valence-electron chi connectivity index (χ1n) is 15.0. The number of carbonyl (C=O) groups is 3. The van der Waals surface area contributed by atoms with Crippen LogP contribution in [-0.4, -0.2) is 75.9 Å². The summed E-state index contributed by atoms with van der Waals surface area (Å²) < 4.78 is 55.3. The minimum Gasteiger partial charge on any atom is -0.503 e. The Kier molecular flexibility index (Phi) is 10.6. The van der Waals surface area contributed by atoms with E-state index in [2.05, 4.69) is 10.3 Å². The molecule has 1 fully saturated rings. The van der Waals surface area contributed by atoms with Crippen LogP contribution in [0.1, 0.15) is 52.7 Å². The van der Waals surface area contributed by atoms with E-state index >= 15 is 0 Å². The Hall–Kier alpha value is -4.88. The third-order valence-electron chi connectivity index (χ3n) is 6.91. The molecule has 0 bridgehead atoms. The number of alkyl carbamates (subject to hydrolysis) is 1. The molecule has 0 aliphatic carbocycles. The molecule has 1 saturated heterocycles. The van der Waals surface area contributed by atoms with Crippen molar-refractivity contribution >= 4 is 18.3 Å². The molecule has 0 spiro atoms. The van der Waals surface area contributed by atoms with Crippen LogP contribution in [0.2, 0.25) is 0 Å². The van der Waals surface area contributed by atoms with Crippen molar-refractivity contribution in [3.05, 3.63) is 71.8 Å². The number of hydrogen-bond acceptors (Lipinski definition) is 10. The monoisotopic (exact) mass is 659 g/mol. The van der Waals surface area contributed by atoms with E-state index in [1.807, 2.05) is 24.3 Å². The molecule has 254 valence electrons. The number of ether oxygens (including phenoxy) is 4. The molecule has 4 rings (SSSR count). The van der Waals surface area contributed by atoms with Crippen LogP contribution in [0.4, 0.5) is 23.2 Å². The Labute approximate surface area is 270 Å². The van der Waals surface area contributed by atoms with E-state index < -0.39 is 65.2 Å². The van der Waals surface area contributed by atoms with E-state index in [4.69, 9.17) is 23.4 Å². The molecule has 14 heteroatoms. The minimum atomic E-state index is -1.17. The fraction of sp³-hybridized carbons (Fsp3) is 0.455. The molecule has 2 N–H and O–H groups in total. The number of phenolic OH excluding ortho intramolecular Hbond substituents is 1. The second-order valence-corrected chi connectivity index (χ2v) is 13.0. The first kappa shape index (κ1) is 35.0. The summed E-state index contributed by atoms with van der Waals surface area (Å²) in [5.74, 6) is -2.79. The number of rotatable bonds is 8. The topological polar surface area (TPSA) is 150 Å². The summed E-state index contributed by atoms with van der Waals surface area (Å²) in [6, 6.07) is 8.33. The average Bonchev–Trinajstić information content (AvgIpc) is 3.60. The van der Waals surface area contributed by atoms with Crippen LogP contribution in [0.25, 0.3) is 11.3 Å². The third-order valence-corrected chi connectivity index (χ3v) is 6.91. The van der Waals surface area contributed by atoms with Crippen LogP contribution in [0.3, 0.4) is 0 Å². The molecule has 3 atom stereocenters. The number of amides is 2. The average molecular weight is 660 g/mol. The van der Waals surface area contributed by atoms with Gasteiger partial charge in [0.25, 0.3) is 0 Å². The van der Waals surface area contributed by atoms with Gasteiger partial charge in [0.05, 0.1) is 18.8 Å². The number of phenols is 1. The number of aromatic hydroxyl groups is 1. The smallest absolute Gasteiger partial charge is 0.503 e. The van der Waals surface area contributed by atoms with Crippen LogP contribution < -0.4 is 5.32 Å². The zero-order valence-corrected chi connectivity index (χ0v) is 27.0. The van der Waals surface area contributed by atoms with Gasteiger partial charge in [-0.05, 0) is 77.6 Å². The normalized spacial score (nSPS) is 18.0. The lowest BCUT2D eigenvalue weighted by Gasteiger charge is -2.30. The second kappa shape index (κ2) is 14.3. The Morgan fingerprint density at radius 3 is 2.19 bits per heavy atom. The van der Waals surface area contributed by atoms with Crippen molar-refractivity contribution in [2.75, 3.05) is 13.1 Å². The number of aromatic nitrogens is 1. The van der Waals surface area contributed by atoms with Crippen LogP contribution >= 0.6 is 0 Å². The first-order chi connectivity index (χ1) is 22.0. The summed E-state index contributed by atoms with van der Waals surface area (Å²) in [7, 11) is 0. The lowest BCUT2D eigenvalue weighted by atomic mass is 9.99. The SMILES string of the molecule is CC(C)(C)OC(=O)O[C@H]1CN(C(=O)OC(C)(C)C)[C@H](Cc2ccc(-c3cnco3)cc2)[C@@H]1OC(=O)NCCc1cc(F)c(O)c(F)c1. The molecule has 2 amide bonds. The Bertz CT molecular complexity index is 1530. The predicted molar refractivity (Wildman–Crippen MR) is 163 cm³/mol. The molecule has 0 unspecified atom stereocenters. The lowest BCUT2D eigenvalue weighted by molar-refractivity contribution is -0.0517. The molecule has 1 aromatic heterocycles. The molecule has 12 nitrogen and oxygen atoms in total. The lowest BCUT2D eigenvalue weighted by Crippen LogP contribution is -2.46. The summed E-state index contributed by atoms with van der Waals surface area (Å²) in [5.41, 5.74) is -0.0198. The molecule has 47 heavy (non-hydrogen) atoms. The maximum absolute atomic E-state index is 13.8. The van der Waals surface area contributed by atoms with Crippen LogP contribution in [0, 0.1) is 11.6 Å². The van der Waals surface area contributed by atoms with Crippen molar-refractivity contribution in [3.8, 4) is 17.1 Å². The Morgan fingerprint density at radius 2 is 1.62 bits per heavy atom. The molecule has 0 radical (unpaired) electrons. The van der Waals surface area contributed by atoms with Gasteiger partial charge in [-0.2, -0.15) is 0 Å². The van der Waals surface area contributed by atoms with E-state index in [1.165, 1.54) is 11.3 Å². The van der Waals surface area contributed by atoms with Gasteiger partial charge in [-0.1, -0.05) is 24.3 Å². The van der Waals surface area contributed by atoms with Gasteiger partial charge in [-0.15, -0.1) is 0 Å². The summed E-state index contributed by atoms with van der Waals surface area (Å²) in [6.45, 7) is 9.85. The highest BCUT2D eigenvalue weighted by molar-refractivity contribution is 5.71. The standard InChI is InChI=1S/C33H39F2N3O9/c1-32(2,3)46-30(41)38-17-26(44-31(42)47-33(4,5)6)28(24(38)15-19-7-9-21(10-8-19)25-16-36-18-43-25)45-29(40)37-12-11-20-13-22(34)27(39)23(35)14-20/h7-10,13-14,16,18,24,26,28,39H,11-12,15,17H2,1-6H3,(H,37,40)/t24-,26+,28+/m1/s1. The van der Waals surface area contributed by atoms with Gasteiger partial charge in [0.15, 0.2) is 41.7 Å². The van der Waals surface area contributed by atoms with E-state index in [9.17, 15) is 28.3 Å². The van der Waals surface area contributed by atoms with E-state index in [-0.39, 0.29) is 31.5 Å². The number of halogens is 2. The Balaban J connectivity index is 1.57. The van der Waals surface area contributed by atoms with Crippen LogP contribution in [0.5, 0.6) is 5.75 Å². The second-order valence-electron chi connectivity index (χ2n) is 13.0. The largest absolute Gasteiger partial charge is 0.509 e. The van der Waals surface area contributed by atoms with Crippen molar-refractivity contribution in [2.45, 2.75) is 83.8 Å². The maximum atomic E-state index is 13.8. The number of nitrogens with zero attached hydrogens (tertiary/aromatic N) is 2. The van der Waals surface area contributed by atoms with Gasteiger partial charge >= 0.3 is 18.3 Å². The fourth-order valence-corrected chi connectivity index (χ4v) is 4.91. The van der Waals surface area contributed by atoms with Crippen molar-refractivity contribution in [1.82, 2.24) is 15.2 Å². The fourth-order valence-electron chi connectivity index (χ4n) is 4.91. The molecule has 0 saturated carbocycles. The number of hydrogen-bond donors (Lipinski definition) is 2. The van der Waals surface area contributed by atoms with Gasteiger partial charge in [0.2, 0.25) is 0 Å². The third kappa shape index (κ3) is 9.80. The summed E-state index contributed by atoms with van der Waals surface area (Å²) in [4.78, 5) is 44.5. The number of benzene rings is 2. The highest BCUT2D eigenvalue weighted by Crippen LogP contribution is 2.31. The number of likely N-dealkylation sites (tertiary alicyclic amines) is 1. The van der Waals surface area contributed by atoms with Gasteiger partial charge in [-0.25, -0.2) is 28.1 Å². The summed E-state index contributed by atoms with van der Waals surface area (Å²) in [6.07, 6.45) is -1.88. The van der Waals surface area contributed by atoms with Crippen LogP contribution in [0.15, 0.2) is 53.4 Å². The van der Waals surface area contributed by atoms with Gasteiger partial charge in [-0.3, -0.25) is 4.90 Å². The van der Waals surface area contributed by atoms with Crippen molar-refractivity contribution < 1.29 is 51.6 Å². The highest BCUT2D eigenvalue weighted by atomic mass is 19.1. The molecule has 3 aromatic rings. The first-order valence-corrected chi connectivity index (χ1v) is 15.0. The molecule has 1 aliphatic heterocycles. The van der Waals surface area contributed by atoms with Crippen LogP contribution in [-0.2, 0) is 31.8 Å². The van der Waals surface area contributed by atoms with Gasteiger partial charge in [0.1, 0.15) is 11.2 Å². The quantitative estimate of drug-likeness (QED) is 0.213. The maximum Gasteiger partial charge on any atom is 0.509 e. The van der Waals surface area contributed by atoms with Gasteiger partial charge < -0.3 is 33.8 Å². The molecule has 1 aliphatic rings. The number of oxazole rings is 1. The summed E-state index contributed by atoms with van der Waals surface area (Å²) in [5, 5.41) is 11.9. The molecular formula is C33H39F2N3O9. The minimum absolute atomic E-state index is 0.0106. The molecule has 2 heterocycles. The van der Waals surface area contributed by atoms with E-state index in [0.29, 0.717) is 5.76 Å². The highest BCUT2D eigenvalue weighted by Gasteiger charge is 2.50. The van der Waals surface area contributed by atoms with Gasteiger partial charge in [0, 0.05) is 12.1 Å². The number of nitrogens with one attached hydrogen (secondary N) is 1. The van der Waals surface area contributed by atoms with Crippen molar-refractivity contribution in [1.29, 1.82) is 0 Å². The van der Waals surface area contributed by atoms with E-state index in [1.54, 1.807) is 47.7 Å². The number of carbonyl (C=O) groups excluding carboxylic acids is 3. The zero-order valence-electron chi connectivity index (χ0n) is 27.0. The van der Waals surface area contributed by atoms with Crippen molar-refractivity contribution in [2.24, 2.45) is 0 Å². The summed E-state index contributed by atoms with van der Waals surface area (Å²) >= 11 is 0. The molecular weight excluding hydrogens is 620 g/mol. The van der Waals surface area contributed by atoms with Crippen molar-refractivity contribution in [3.63, 3.8) is 0 Å². The van der Waals surface area contributed by atoms with E-state index in [0.717, 1.165) is 23.3 Å². The Morgan fingerprint density at radius 1 is 0.979 bits per heavy atom. The molecule has 2 aromatic carbocycles. The zero-order chi connectivity index (χ0) is 34.5. The predicted octanol–water partition coefficient (Wildman–Crippen LogP) is 6.15.